The van der Waals surface area contributed by atoms with Crippen molar-refractivity contribution >= 4 is 35.2 Å². The fourth-order valence-electron chi connectivity index (χ4n) is 8.69. The van der Waals surface area contributed by atoms with Gasteiger partial charge < -0.3 is 40.1 Å². The molecule has 79 heavy (non-hydrogen) atoms. The van der Waals surface area contributed by atoms with Crippen LogP contribution in [0.25, 0.3) is 0 Å². The van der Waals surface area contributed by atoms with E-state index < -0.39 is 35.0 Å². The number of nitrogens with zero attached hydrogens (tertiary/aromatic N) is 4. The lowest BCUT2D eigenvalue weighted by molar-refractivity contribution is 0.0689. The number of carbonyl (C=O) groups is 6. The van der Waals surface area contributed by atoms with Crippen LogP contribution in [-0.2, 0) is 26.9 Å². The molecular formula is C60H60N8O11. The normalized spacial score (nSPS) is 13.9. The van der Waals surface area contributed by atoms with E-state index >= 15 is 0 Å². The van der Waals surface area contributed by atoms with Gasteiger partial charge >= 0.3 is 0 Å². The first-order valence-electron chi connectivity index (χ1n) is 25.6. The molecule has 5 aromatic carbocycles. The Labute approximate surface area is 455 Å². The van der Waals surface area contributed by atoms with Crippen molar-refractivity contribution in [3.63, 3.8) is 0 Å². The van der Waals surface area contributed by atoms with Crippen LogP contribution in [-0.4, -0.2) is 94.1 Å². The molecule has 4 aliphatic rings. The van der Waals surface area contributed by atoms with Crippen LogP contribution in [0.3, 0.4) is 0 Å². The third-order valence-electron chi connectivity index (χ3n) is 13.4. The molecule has 6 heterocycles. The van der Waals surface area contributed by atoms with Gasteiger partial charge in [0.05, 0.1) is 37.8 Å². The summed E-state index contributed by atoms with van der Waals surface area (Å²) in [6.45, 7) is 2.68. The summed E-state index contributed by atoms with van der Waals surface area (Å²) in [4.78, 5) is 119. The highest BCUT2D eigenvalue weighted by atomic mass is 16.7. The number of amides is 4. The highest BCUT2D eigenvalue weighted by Gasteiger charge is 2.27. The van der Waals surface area contributed by atoms with Gasteiger partial charge in [0.25, 0.3) is 34.7 Å². The highest BCUT2D eigenvalue weighted by Crippen LogP contribution is 2.38. The molecule has 19 nitrogen and oxygen atoms in total. The Morgan fingerprint density at radius 1 is 0.481 bits per heavy atom. The summed E-state index contributed by atoms with van der Waals surface area (Å²) in [5.74, 6) is -3.09. The van der Waals surface area contributed by atoms with Gasteiger partial charge in [-0.2, -0.15) is 0 Å². The van der Waals surface area contributed by atoms with E-state index in [2.05, 4.69) is 21.3 Å². The molecule has 0 saturated heterocycles. The average Bonchev–Trinajstić information content (AvgIpc) is 3.48. The van der Waals surface area contributed by atoms with Crippen molar-refractivity contribution in [1.82, 2.24) is 40.4 Å². The number of aromatic nitrogens is 2. The standard InChI is InChI=1S/C60H60N8O11/c1-40-41(2)46-26-25-45(40)51(69)29-31-66(36-63-59(75)49-21-13-23-53(71)65(49)3)32-30-52(70)47-27-28-48(56(78-34-43-17-9-5-10-18-43)55(47)77-33-42-15-7-4-8-16-42)58(74)62-38-67(37-61-57(46)73)39-64-60(76)50-22-14-24-54(72)68(50)79-35-44-19-11-6-12-20-44/h4-28H,29-39H2,1-3H3,(H,61,73)(H,62,74)(H,63,75)(H,64,76). The van der Waals surface area contributed by atoms with Crippen molar-refractivity contribution in [2.45, 2.75) is 46.5 Å². The molecule has 4 N–H and O–H groups in total. The first-order valence-corrected chi connectivity index (χ1v) is 25.6. The summed E-state index contributed by atoms with van der Waals surface area (Å²) >= 11 is 0. The largest absolute Gasteiger partial charge is 0.484 e. The maximum atomic E-state index is 14.7. The molecule has 0 fully saturated rings. The summed E-state index contributed by atoms with van der Waals surface area (Å²) in [6, 6.07) is 42.1. The number of benzene rings is 5. The lowest BCUT2D eigenvalue weighted by Crippen LogP contribution is -2.49. The molecule has 7 aromatic rings. The smallest absolute Gasteiger partial charge is 0.283 e. The van der Waals surface area contributed by atoms with Crippen LogP contribution in [0.15, 0.2) is 161 Å². The molecule has 11 rings (SSSR count). The minimum Gasteiger partial charge on any atom is -0.484 e. The van der Waals surface area contributed by atoms with Gasteiger partial charge in [0.1, 0.15) is 31.2 Å². The lowest BCUT2D eigenvalue weighted by Gasteiger charge is -2.25. The number of pyridine rings is 2. The van der Waals surface area contributed by atoms with Gasteiger partial charge in [-0.25, -0.2) is 0 Å². The summed E-state index contributed by atoms with van der Waals surface area (Å²) < 4.78 is 15.1. The monoisotopic (exact) mass is 1070 g/mol. The summed E-state index contributed by atoms with van der Waals surface area (Å²) in [5, 5.41) is 11.4. The second-order valence-corrected chi connectivity index (χ2v) is 18.7. The average molecular weight is 1070 g/mol. The Hall–Kier alpha value is -9.46. The molecule has 0 unspecified atom stereocenters. The molecule has 0 aliphatic carbocycles. The van der Waals surface area contributed by atoms with Gasteiger partial charge in [0, 0.05) is 56.2 Å². The molecule has 0 atom stereocenters. The molecule has 0 saturated carbocycles. The number of Topliss-reactive ketones (excluding diaryl/α,β-unsaturated/α-hetero) is 2. The second-order valence-electron chi connectivity index (χ2n) is 18.7. The maximum Gasteiger partial charge on any atom is 0.283 e. The van der Waals surface area contributed by atoms with Crippen LogP contribution < -0.4 is 46.7 Å². The molecule has 2 aromatic heterocycles. The van der Waals surface area contributed by atoms with Crippen molar-refractivity contribution in [1.29, 1.82) is 0 Å². The molecule has 4 aliphatic heterocycles. The van der Waals surface area contributed by atoms with Crippen LogP contribution >= 0.6 is 0 Å². The van der Waals surface area contributed by atoms with Crippen LogP contribution in [0, 0.1) is 13.8 Å². The summed E-state index contributed by atoms with van der Waals surface area (Å²) in [5.41, 5.74) is 3.18. The number of ether oxygens (including phenoxy) is 2. The zero-order valence-electron chi connectivity index (χ0n) is 44.0. The predicted molar refractivity (Wildman–Crippen MR) is 294 cm³/mol. The quantitative estimate of drug-likeness (QED) is 0.0987. The van der Waals surface area contributed by atoms with Crippen LogP contribution in [0.1, 0.15) is 103 Å². The molecule has 19 heteroatoms. The van der Waals surface area contributed by atoms with Crippen molar-refractivity contribution in [3.05, 3.63) is 234 Å². The Morgan fingerprint density at radius 3 is 1.52 bits per heavy atom. The number of carbonyl (C=O) groups excluding carboxylic acids is 6. The van der Waals surface area contributed by atoms with E-state index in [9.17, 15) is 38.4 Å². The van der Waals surface area contributed by atoms with Crippen LogP contribution in [0.2, 0.25) is 0 Å². The van der Waals surface area contributed by atoms with Crippen molar-refractivity contribution in [2.24, 2.45) is 7.05 Å². The van der Waals surface area contributed by atoms with Gasteiger partial charge in [-0.3, -0.25) is 48.2 Å². The van der Waals surface area contributed by atoms with Crippen molar-refractivity contribution in [2.75, 3.05) is 39.8 Å². The summed E-state index contributed by atoms with van der Waals surface area (Å²) in [6.07, 6.45) is -0.175. The molecule has 4 amide bonds. The number of hydrogen-bond donors (Lipinski definition) is 4. The number of rotatable bonds is 15. The number of ketones is 2. The van der Waals surface area contributed by atoms with E-state index in [1.54, 1.807) is 30.9 Å². The first-order chi connectivity index (χ1) is 38.2. The molecule has 0 radical (unpaired) electrons. The molecule has 4 bridgehead atoms. The molecule has 0 spiro atoms. The number of nitrogens with one attached hydrogen (secondary N) is 4. The SMILES string of the molecule is Cc1c2ccc(c1C)C(=O)NCN(CNC(=O)c1cccc(=O)n1OCc1ccccc1)CNC(=O)c1ccc(c(OCc3ccccc3)c1OCc1ccccc1)C(=O)CCN(CNC(=O)c1cccc(=O)n1C)CCC2=O. The first kappa shape index (κ1) is 55.8. The van der Waals surface area contributed by atoms with E-state index in [1.165, 1.54) is 65.0 Å². The lowest BCUT2D eigenvalue weighted by atomic mass is 9.94. The Balaban J connectivity index is 1.13. The minimum absolute atomic E-state index is 0.000994. The van der Waals surface area contributed by atoms with Crippen LogP contribution in [0.4, 0.5) is 0 Å². The highest BCUT2D eigenvalue weighted by molar-refractivity contribution is 6.04. The van der Waals surface area contributed by atoms with Gasteiger partial charge in [-0.15, -0.1) is 4.73 Å². The molecule has 406 valence electrons. The van der Waals surface area contributed by atoms with Gasteiger partial charge in [0.2, 0.25) is 0 Å². The van der Waals surface area contributed by atoms with E-state index in [1.807, 2.05) is 91.0 Å². The van der Waals surface area contributed by atoms with Crippen molar-refractivity contribution < 1.29 is 43.1 Å². The third kappa shape index (κ3) is 14.3. The van der Waals surface area contributed by atoms with Crippen molar-refractivity contribution in [3.8, 4) is 11.5 Å². The van der Waals surface area contributed by atoms with Crippen LogP contribution in [0.5, 0.6) is 11.5 Å². The Kier molecular flexibility index (Phi) is 18.7. The fourth-order valence-corrected chi connectivity index (χ4v) is 8.69. The summed E-state index contributed by atoms with van der Waals surface area (Å²) in [7, 11) is 1.48. The fraction of sp³-hybridized carbons (Fsp3) is 0.233. The molecular weight excluding hydrogens is 1010 g/mol. The zero-order valence-corrected chi connectivity index (χ0v) is 44.0. The maximum absolute atomic E-state index is 14.7. The van der Waals surface area contributed by atoms with E-state index in [0.717, 1.165) is 21.4 Å². The Bertz CT molecular complexity index is 3480. The predicted octanol–water partition coefficient (Wildman–Crippen LogP) is 5.56. The van der Waals surface area contributed by atoms with E-state index in [4.69, 9.17) is 14.3 Å². The Morgan fingerprint density at radius 2 is 0.924 bits per heavy atom. The zero-order chi connectivity index (χ0) is 55.8. The van der Waals surface area contributed by atoms with E-state index in [0.29, 0.717) is 16.7 Å². The van der Waals surface area contributed by atoms with Gasteiger partial charge in [0.15, 0.2) is 23.1 Å². The second kappa shape index (κ2) is 26.5. The topological polar surface area (TPSA) is 229 Å². The third-order valence-corrected chi connectivity index (χ3v) is 13.4. The van der Waals surface area contributed by atoms with Gasteiger partial charge in [-0.1, -0.05) is 109 Å². The van der Waals surface area contributed by atoms with E-state index in [-0.39, 0.29) is 123 Å². The van der Waals surface area contributed by atoms with Gasteiger partial charge in [-0.05, 0) is 72.0 Å². The number of hydrogen-bond acceptors (Lipinski definition) is 13. The minimum atomic E-state index is -0.696.